The number of morpholine rings is 1. The summed E-state index contributed by atoms with van der Waals surface area (Å²) in [6.45, 7) is 0.844. The van der Waals surface area contributed by atoms with Crippen LogP contribution in [0.1, 0.15) is 20.8 Å². The molecule has 0 saturated carbocycles. The predicted molar refractivity (Wildman–Crippen MR) is 116 cm³/mol. The third-order valence-electron chi connectivity index (χ3n) is 4.60. The van der Waals surface area contributed by atoms with Gasteiger partial charge >= 0.3 is 5.97 Å². The zero-order chi connectivity index (χ0) is 21.8. The molecule has 3 aromatic rings. The van der Waals surface area contributed by atoms with Crippen LogP contribution in [0.5, 0.6) is 0 Å². The Bertz CT molecular complexity index is 1160. The molecule has 8 nitrogen and oxygen atoms in total. The molecule has 1 fully saturated rings. The van der Waals surface area contributed by atoms with E-state index in [0.29, 0.717) is 31.3 Å². The number of aromatic nitrogens is 1. The lowest BCUT2D eigenvalue weighted by atomic mass is 10.1. The van der Waals surface area contributed by atoms with Crippen molar-refractivity contribution >= 4 is 44.4 Å². The number of ketones is 1. The summed E-state index contributed by atoms with van der Waals surface area (Å²) in [6, 6.07) is 7.51. The zero-order valence-corrected chi connectivity index (χ0v) is 18.7. The molecule has 1 aliphatic rings. The summed E-state index contributed by atoms with van der Waals surface area (Å²) in [4.78, 5) is 28.9. The fourth-order valence-electron chi connectivity index (χ4n) is 2.92. The Hall–Kier alpha value is -2.44. The van der Waals surface area contributed by atoms with E-state index in [2.05, 4.69) is 4.98 Å². The maximum Gasteiger partial charge on any atom is 0.358 e. The second kappa shape index (κ2) is 9.37. The number of thiazole rings is 1. The highest BCUT2D eigenvalue weighted by Crippen LogP contribution is 2.26. The van der Waals surface area contributed by atoms with Crippen LogP contribution in [0.3, 0.4) is 0 Å². The Morgan fingerprint density at radius 2 is 1.84 bits per heavy atom. The monoisotopic (exact) mass is 478 g/mol. The fourth-order valence-corrected chi connectivity index (χ4v) is 5.83. The summed E-state index contributed by atoms with van der Waals surface area (Å²) in [7, 11) is -3.63. The summed E-state index contributed by atoms with van der Waals surface area (Å²) >= 11 is 2.86. The molecule has 1 saturated heterocycles. The molecular formula is C20H18N2O6S3. The average Bonchev–Trinajstić information content (AvgIpc) is 3.50. The molecule has 0 atom stereocenters. The first-order valence-corrected chi connectivity index (χ1v) is 12.6. The topological polar surface area (TPSA) is 103 Å². The Morgan fingerprint density at radius 3 is 2.52 bits per heavy atom. The van der Waals surface area contributed by atoms with Gasteiger partial charge in [0.15, 0.2) is 18.1 Å². The molecule has 0 N–H and O–H groups in total. The highest BCUT2D eigenvalue weighted by atomic mass is 32.2. The maximum atomic E-state index is 12.6. The summed E-state index contributed by atoms with van der Waals surface area (Å²) in [5, 5.41) is 6.15. The first kappa shape index (κ1) is 21.8. The zero-order valence-electron chi connectivity index (χ0n) is 16.2. The van der Waals surface area contributed by atoms with Crippen LogP contribution in [0.15, 0.2) is 51.4 Å². The van der Waals surface area contributed by atoms with E-state index in [-0.39, 0.29) is 16.2 Å². The van der Waals surface area contributed by atoms with Gasteiger partial charge in [-0.25, -0.2) is 18.2 Å². The summed E-state index contributed by atoms with van der Waals surface area (Å²) in [5.41, 5.74) is 1.33. The number of nitrogens with zero attached hydrogens (tertiary/aromatic N) is 2. The quantitative estimate of drug-likeness (QED) is 0.380. The smallest absolute Gasteiger partial charge is 0.358 e. The molecule has 0 aliphatic carbocycles. The standard InChI is InChI=1S/C20H18N2O6S3/c23-18(11-28-20(24)17-13-30-19(21-17)15-5-10-29-12-15)14-1-3-16(4-2-14)31(25,26)22-6-8-27-9-7-22/h1-5,10,12-13H,6-9,11H2. The van der Waals surface area contributed by atoms with Gasteiger partial charge in [0, 0.05) is 35.0 Å². The molecule has 11 heteroatoms. The van der Waals surface area contributed by atoms with Crippen molar-refractivity contribution in [3.05, 3.63) is 57.7 Å². The number of carbonyl (C=O) groups excluding carboxylic acids is 2. The minimum Gasteiger partial charge on any atom is -0.453 e. The Morgan fingerprint density at radius 1 is 1.10 bits per heavy atom. The van der Waals surface area contributed by atoms with Gasteiger partial charge in [0.1, 0.15) is 5.01 Å². The Kier molecular flexibility index (Phi) is 6.58. The van der Waals surface area contributed by atoms with Crippen LogP contribution >= 0.6 is 22.7 Å². The highest BCUT2D eigenvalue weighted by molar-refractivity contribution is 7.89. The van der Waals surface area contributed by atoms with E-state index in [1.807, 2.05) is 16.8 Å². The minimum atomic E-state index is -3.63. The van der Waals surface area contributed by atoms with Crippen LogP contribution in [0.25, 0.3) is 10.6 Å². The molecule has 1 aromatic carbocycles. The molecule has 31 heavy (non-hydrogen) atoms. The summed E-state index contributed by atoms with van der Waals surface area (Å²) in [5.74, 6) is -1.12. The molecule has 162 valence electrons. The number of Topliss-reactive ketones (excluding diaryl/α,β-unsaturated/α-hetero) is 1. The third kappa shape index (κ3) is 4.91. The number of rotatable bonds is 7. The lowest BCUT2D eigenvalue weighted by Gasteiger charge is -2.26. The summed E-state index contributed by atoms with van der Waals surface area (Å²) in [6.07, 6.45) is 0. The van der Waals surface area contributed by atoms with Crippen LogP contribution in [0.4, 0.5) is 0 Å². The first-order chi connectivity index (χ1) is 14.9. The minimum absolute atomic E-state index is 0.103. The first-order valence-electron chi connectivity index (χ1n) is 9.31. The van der Waals surface area contributed by atoms with Gasteiger partial charge in [-0.2, -0.15) is 15.6 Å². The van der Waals surface area contributed by atoms with Crippen LogP contribution in [0.2, 0.25) is 0 Å². The molecule has 3 heterocycles. The van der Waals surface area contributed by atoms with Gasteiger partial charge in [-0.05, 0) is 35.7 Å². The second-order valence-electron chi connectivity index (χ2n) is 6.59. The van der Waals surface area contributed by atoms with Crippen molar-refractivity contribution in [3.63, 3.8) is 0 Å². The molecule has 2 aromatic heterocycles. The number of benzene rings is 1. The second-order valence-corrected chi connectivity index (χ2v) is 10.2. The number of hydrogen-bond acceptors (Lipinski definition) is 9. The van der Waals surface area contributed by atoms with Gasteiger partial charge < -0.3 is 9.47 Å². The van der Waals surface area contributed by atoms with Crippen LogP contribution in [0, 0.1) is 0 Å². The third-order valence-corrected chi connectivity index (χ3v) is 8.09. The number of carbonyl (C=O) groups is 2. The van der Waals surface area contributed by atoms with Crippen molar-refractivity contribution in [1.82, 2.24) is 9.29 Å². The maximum absolute atomic E-state index is 12.6. The highest BCUT2D eigenvalue weighted by Gasteiger charge is 2.26. The van der Waals surface area contributed by atoms with Gasteiger partial charge in [0.05, 0.1) is 18.1 Å². The molecule has 4 rings (SSSR count). The lowest BCUT2D eigenvalue weighted by Crippen LogP contribution is -2.40. The van der Waals surface area contributed by atoms with Gasteiger partial charge in [-0.1, -0.05) is 0 Å². The van der Waals surface area contributed by atoms with Crippen molar-refractivity contribution in [3.8, 4) is 10.6 Å². The SMILES string of the molecule is O=C(COC(=O)c1csc(-c2ccsc2)n1)c1ccc(S(=O)(=O)N2CCOCC2)cc1. The Balaban J connectivity index is 1.36. The average molecular weight is 479 g/mol. The predicted octanol–water partition coefficient (Wildman–Crippen LogP) is 2.93. The van der Waals surface area contributed by atoms with E-state index in [1.54, 1.807) is 5.38 Å². The van der Waals surface area contributed by atoms with Gasteiger partial charge in [-0.3, -0.25) is 4.79 Å². The summed E-state index contributed by atoms with van der Waals surface area (Å²) < 4.78 is 36.9. The van der Waals surface area contributed by atoms with Gasteiger partial charge in [0.25, 0.3) is 0 Å². The van der Waals surface area contributed by atoms with E-state index < -0.39 is 28.4 Å². The van der Waals surface area contributed by atoms with E-state index >= 15 is 0 Å². The van der Waals surface area contributed by atoms with Crippen molar-refractivity contribution in [2.45, 2.75) is 4.90 Å². The van der Waals surface area contributed by atoms with E-state index in [1.165, 1.54) is 51.2 Å². The van der Waals surface area contributed by atoms with Crippen molar-refractivity contribution < 1.29 is 27.5 Å². The van der Waals surface area contributed by atoms with Crippen LogP contribution in [-0.2, 0) is 19.5 Å². The molecule has 0 amide bonds. The molecular weight excluding hydrogens is 460 g/mol. The molecule has 0 radical (unpaired) electrons. The number of sulfonamides is 1. The normalized spacial score (nSPS) is 15.0. The Labute approximate surface area is 187 Å². The van der Waals surface area contributed by atoms with E-state index in [4.69, 9.17) is 9.47 Å². The largest absolute Gasteiger partial charge is 0.453 e. The van der Waals surface area contributed by atoms with Crippen molar-refractivity contribution in [2.75, 3.05) is 32.9 Å². The fraction of sp³-hybridized carbons (Fsp3) is 0.250. The molecule has 0 spiro atoms. The van der Waals surface area contributed by atoms with E-state index in [9.17, 15) is 18.0 Å². The number of ether oxygens (including phenoxy) is 2. The van der Waals surface area contributed by atoms with E-state index in [0.717, 1.165) is 5.56 Å². The van der Waals surface area contributed by atoms with Crippen LogP contribution in [-0.4, -0.2) is 62.4 Å². The lowest BCUT2D eigenvalue weighted by molar-refractivity contribution is 0.0470. The molecule has 1 aliphatic heterocycles. The van der Waals surface area contributed by atoms with Crippen LogP contribution < -0.4 is 0 Å². The van der Waals surface area contributed by atoms with Crippen molar-refractivity contribution in [2.24, 2.45) is 0 Å². The van der Waals surface area contributed by atoms with Crippen molar-refractivity contribution in [1.29, 1.82) is 0 Å². The number of hydrogen-bond donors (Lipinski definition) is 0. The number of esters is 1. The molecule has 0 bridgehead atoms. The van der Waals surface area contributed by atoms with Gasteiger partial charge in [0.2, 0.25) is 10.0 Å². The van der Waals surface area contributed by atoms with Gasteiger partial charge in [-0.15, -0.1) is 11.3 Å². The number of thiophene rings is 1. The molecule has 0 unspecified atom stereocenters.